The summed E-state index contributed by atoms with van der Waals surface area (Å²) in [6, 6.07) is 12.2. The second-order valence-corrected chi connectivity index (χ2v) is 4.82. The molecule has 2 rings (SSSR count). The Labute approximate surface area is 109 Å². The van der Waals surface area contributed by atoms with E-state index in [2.05, 4.69) is 15.9 Å². The topological polar surface area (TPSA) is 26.0 Å². The molecule has 0 aromatic heterocycles. The molecule has 0 spiro atoms. The van der Waals surface area contributed by atoms with Crippen LogP contribution in [0.4, 0.5) is 4.39 Å². The number of hydrogen-bond acceptors (Lipinski definition) is 1. The lowest BCUT2D eigenvalue weighted by atomic mass is 9.95. The third-order valence-corrected chi connectivity index (χ3v) is 3.53. The van der Waals surface area contributed by atoms with E-state index in [1.807, 2.05) is 31.2 Å². The molecule has 2 N–H and O–H groups in total. The van der Waals surface area contributed by atoms with Gasteiger partial charge in [-0.25, -0.2) is 4.39 Å². The Balaban J connectivity index is 2.51. The van der Waals surface area contributed by atoms with Crippen molar-refractivity contribution in [1.82, 2.24) is 0 Å². The summed E-state index contributed by atoms with van der Waals surface area (Å²) in [5.74, 6) is -0.282. The molecule has 88 valence electrons. The second-order valence-electron chi connectivity index (χ2n) is 3.97. The first kappa shape index (κ1) is 12.3. The van der Waals surface area contributed by atoms with Gasteiger partial charge in [0, 0.05) is 10.0 Å². The number of benzene rings is 2. The van der Waals surface area contributed by atoms with Crippen LogP contribution in [0.2, 0.25) is 0 Å². The summed E-state index contributed by atoms with van der Waals surface area (Å²) >= 11 is 3.35. The van der Waals surface area contributed by atoms with Crippen LogP contribution < -0.4 is 5.73 Å². The summed E-state index contributed by atoms with van der Waals surface area (Å²) in [5, 5.41) is 0. The highest BCUT2D eigenvalue weighted by molar-refractivity contribution is 9.10. The average Bonchev–Trinajstić information content (AvgIpc) is 2.29. The van der Waals surface area contributed by atoms with Crippen molar-refractivity contribution in [3.8, 4) is 0 Å². The van der Waals surface area contributed by atoms with Gasteiger partial charge < -0.3 is 5.73 Å². The van der Waals surface area contributed by atoms with Gasteiger partial charge in [-0.1, -0.05) is 46.3 Å². The van der Waals surface area contributed by atoms with Crippen molar-refractivity contribution in [3.63, 3.8) is 0 Å². The maximum absolute atomic E-state index is 13.8. The normalized spacial score (nSPS) is 12.5. The van der Waals surface area contributed by atoms with Gasteiger partial charge >= 0.3 is 0 Å². The smallest absolute Gasteiger partial charge is 0.129 e. The highest BCUT2D eigenvalue weighted by Crippen LogP contribution is 2.30. The van der Waals surface area contributed by atoms with E-state index in [9.17, 15) is 4.39 Å². The summed E-state index contributed by atoms with van der Waals surface area (Å²) in [7, 11) is 0. The van der Waals surface area contributed by atoms with Gasteiger partial charge in [-0.2, -0.15) is 0 Å². The number of aryl methyl sites for hydroxylation is 1. The zero-order valence-corrected chi connectivity index (χ0v) is 11.0. The fraction of sp³-hybridized carbons (Fsp3) is 0.143. The molecule has 0 bridgehead atoms. The maximum Gasteiger partial charge on any atom is 0.129 e. The van der Waals surface area contributed by atoms with Crippen molar-refractivity contribution in [2.24, 2.45) is 5.73 Å². The molecule has 1 atom stereocenters. The van der Waals surface area contributed by atoms with Gasteiger partial charge in [-0.15, -0.1) is 0 Å². The lowest BCUT2D eigenvalue weighted by Gasteiger charge is -2.17. The van der Waals surface area contributed by atoms with Crippen LogP contribution in [0.1, 0.15) is 22.7 Å². The molecule has 0 fully saturated rings. The molecule has 0 saturated carbocycles. The summed E-state index contributed by atoms with van der Waals surface area (Å²) in [6.07, 6.45) is 0. The van der Waals surface area contributed by atoms with Gasteiger partial charge in [-0.3, -0.25) is 0 Å². The summed E-state index contributed by atoms with van der Waals surface area (Å²) in [5.41, 5.74) is 8.66. The molecule has 0 radical (unpaired) electrons. The van der Waals surface area contributed by atoms with E-state index in [-0.39, 0.29) is 5.82 Å². The first-order valence-corrected chi connectivity index (χ1v) is 6.15. The standard InChI is InChI=1S/C14H13BrFN/c1-9-5-2-3-6-10(9)14(17)13-11(15)7-4-8-12(13)16/h2-8,14H,17H2,1H3. The number of nitrogens with two attached hydrogens (primary N) is 1. The zero-order chi connectivity index (χ0) is 12.4. The zero-order valence-electron chi connectivity index (χ0n) is 9.45. The minimum Gasteiger partial charge on any atom is -0.320 e. The van der Waals surface area contributed by atoms with E-state index >= 15 is 0 Å². The number of halogens is 2. The monoisotopic (exact) mass is 293 g/mol. The van der Waals surface area contributed by atoms with Gasteiger partial charge in [-0.05, 0) is 30.2 Å². The highest BCUT2D eigenvalue weighted by atomic mass is 79.9. The predicted molar refractivity (Wildman–Crippen MR) is 71.3 cm³/mol. The molecule has 0 aliphatic heterocycles. The second kappa shape index (κ2) is 4.98. The van der Waals surface area contributed by atoms with Crippen molar-refractivity contribution in [3.05, 3.63) is 69.4 Å². The molecule has 0 heterocycles. The molecule has 0 amide bonds. The van der Waals surface area contributed by atoms with E-state index < -0.39 is 6.04 Å². The Morgan fingerprint density at radius 1 is 1.12 bits per heavy atom. The molecule has 1 unspecified atom stereocenters. The van der Waals surface area contributed by atoms with Crippen molar-refractivity contribution in [2.45, 2.75) is 13.0 Å². The number of rotatable bonds is 2. The van der Waals surface area contributed by atoms with Gasteiger partial charge in [0.15, 0.2) is 0 Å². The van der Waals surface area contributed by atoms with Gasteiger partial charge in [0.2, 0.25) is 0 Å². The minimum atomic E-state index is -0.452. The Morgan fingerprint density at radius 2 is 1.82 bits per heavy atom. The number of hydrogen-bond donors (Lipinski definition) is 1. The molecule has 0 saturated heterocycles. The molecular formula is C14H13BrFN. The third kappa shape index (κ3) is 2.40. The van der Waals surface area contributed by atoms with Crippen molar-refractivity contribution >= 4 is 15.9 Å². The minimum absolute atomic E-state index is 0.282. The lowest BCUT2D eigenvalue weighted by Crippen LogP contribution is -2.15. The van der Waals surface area contributed by atoms with E-state index in [0.29, 0.717) is 10.0 Å². The third-order valence-electron chi connectivity index (χ3n) is 2.83. The summed E-state index contributed by atoms with van der Waals surface area (Å²) in [6.45, 7) is 1.98. The maximum atomic E-state index is 13.8. The lowest BCUT2D eigenvalue weighted by molar-refractivity contribution is 0.597. The Kier molecular flexibility index (Phi) is 3.60. The molecular weight excluding hydrogens is 281 g/mol. The van der Waals surface area contributed by atoms with Gasteiger partial charge in [0.05, 0.1) is 6.04 Å². The van der Waals surface area contributed by atoms with Crippen molar-refractivity contribution in [2.75, 3.05) is 0 Å². The Morgan fingerprint density at radius 3 is 2.47 bits per heavy atom. The Bertz CT molecular complexity index is 519. The van der Waals surface area contributed by atoms with Gasteiger partial charge in [0.25, 0.3) is 0 Å². The molecule has 0 aliphatic rings. The SMILES string of the molecule is Cc1ccccc1C(N)c1c(F)cccc1Br. The molecule has 1 nitrogen and oxygen atoms in total. The molecule has 2 aromatic carbocycles. The highest BCUT2D eigenvalue weighted by Gasteiger charge is 2.17. The van der Waals surface area contributed by atoms with Gasteiger partial charge in [0.1, 0.15) is 5.82 Å². The fourth-order valence-corrected chi connectivity index (χ4v) is 2.49. The quantitative estimate of drug-likeness (QED) is 0.892. The van der Waals surface area contributed by atoms with Crippen molar-refractivity contribution < 1.29 is 4.39 Å². The molecule has 0 aliphatic carbocycles. The fourth-order valence-electron chi connectivity index (χ4n) is 1.90. The molecule has 3 heteroatoms. The molecule has 17 heavy (non-hydrogen) atoms. The molecule has 2 aromatic rings. The van der Waals surface area contributed by atoms with Crippen LogP contribution in [-0.2, 0) is 0 Å². The van der Waals surface area contributed by atoms with Crippen LogP contribution in [0.5, 0.6) is 0 Å². The van der Waals surface area contributed by atoms with E-state index in [4.69, 9.17) is 5.73 Å². The summed E-state index contributed by atoms with van der Waals surface area (Å²) in [4.78, 5) is 0. The van der Waals surface area contributed by atoms with Crippen LogP contribution >= 0.6 is 15.9 Å². The van der Waals surface area contributed by atoms with Crippen LogP contribution in [0.15, 0.2) is 46.9 Å². The average molecular weight is 294 g/mol. The predicted octanol–water partition coefficient (Wildman–Crippen LogP) is 3.94. The van der Waals surface area contributed by atoms with Crippen LogP contribution in [-0.4, -0.2) is 0 Å². The van der Waals surface area contributed by atoms with Crippen molar-refractivity contribution in [1.29, 1.82) is 0 Å². The van der Waals surface area contributed by atoms with E-state index in [1.165, 1.54) is 6.07 Å². The van der Waals surface area contributed by atoms with E-state index in [1.54, 1.807) is 12.1 Å². The van der Waals surface area contributed by atoms with Crippen LogP contribution in [0.25, 0.3) is 0 Å². The Hall–Kier alpha value is -1.19. The summed E-state index contributed by atoms with van der Waals surface area (Å²) < 4.78 is 14.5. The van der Waals surface area contributed by atoms with E-state index in [0.717, 1.165) is 11.1 Å². The van der Waals surface area contributed by atoms with Crippen LogP contribution in [0.3, 0.4) is 0 Å². The van der Waals surface area contributed by atoms with Crippen LogP contribution in [0, 0.1) is 12.7 Å². The largest absolute Gasteiger partial charge is 0.320 e. The first-order valence-electron chi connectivity index (χ1n) is 5.36. The first-order chi connectivity index (χ1) is 8.11.